The first-order valence-corrected chi connectivity index (χ1v) is 11.7. The smallest absolute Gasteiger partial charge is 0.315 e. The van der Waals surface area contributed by atoms with Crippen molar-refractivity contribution >= 4 is 45.0 Å². The molecule has 35 heavy (non-hydrogen) atoms. The number of urea groups is 1. The first-order valence-electron chi connectivity index (χ1n) is 10.9. The van der Waals surface area contributed by atoms with Gasteiger partial charge in [0.05, 0.1) is 4.88 Å². The zero-order chi connectivity index (χ0) is 24.6. The van der Waals surface area contributed by atoms with Crippen LogP contribution in [0.2, 0.25) is 0 Å². The van der Waals surface area contributed by atoms with Crippen molar-refractivity contribution in [2.75, 3.05) is 5.32 Å². The number of carbonyl (C=O) groups is 3. The van der Waals surface area contributed by atoms with Gasteiger partial charge in [0.1, 0.15) is 6.04 Å². The Morgan fingerprint density at radius 3 is 2.23 bits per heavy atom. The third-order valence-corrected chi connectivity index (χ3v) is 6.42. The van der Waals surface area contributed by atoms with Gasteiger partial charge in [-0.15, -0.1) is 11.3 Å². The van der Waals surface area contributed by atoms with Gasteiger partial charge >= 0.3 is 6.03 Å². The summed E-state index contributed by atoms with van der Waals surface area (Å²) in [5, 5.41) is 18.0. The summed E-state index contributed by atoms with van der Waals surface area (Å²) in [6.45, 7) is 0.338. The monoisotopic (exact) mass is 488 g/mol. The number of amides is 4. The number of hydrogen-bond donors (Lipinski definition) is 5. The summed E-state index contributed by atoms with van der Waals surface area (Å²) < 4.78 is 0.834. The molecule has 0 aliphatic heterocycles. The maximum absolute atomic E-state index is 13.2. The molecule has 0 spiro atoms. The lowest BCUT2D eigenvalue weighted by atomic mass is 10.1. The van der Waals surface area contributed by atoms with Gasteiger partial charge in [-0.05, 0) is 40.8 Å². The first kappa shape index (κ1) is 23.9. The molecular weight excluding hydrogens is 464 g/mol. The van der Waals surface area contributed by atoms with Crippen LogP contribution in [0.15, 0.2) is 84.9 Å². The summed E-state index contributed by atoms with van der Waals surface area (Å²) in [5.74, 6) is -0.961. The van der Waals surface area contributed by atoms with E-state index in [2.05, 4.69) is 16.0 Å². The maximum Gasteiger partial charge on any atom is 0.315 e. The fraction of sp³-hybridized carbons (Fsp3) is 0.115. The second kappa shape index (κ2) is 11.3. The van der Waals surface area contributed by atoms with E-state index in [0.29, 0.717) is 23.5 Å². The molecule has 0 aliphatic carbocycles. The SMILES string of the molecule is O=C(NCc1ccccc1)N[C@@H](Cc1ccccc1)C(=O)Nc1ccc2sc(C(=O)NO)cc2c1. The van der Waals surface area contributed by atoms with Crippen LogP contribution in [0.3, 0.4) is 0 Å². The van der Waals surface area contributed by atoms with Gasteiger partial charge in [-0.25, -0.2) is 10.3 Å². The van der Waals surface area contributed by atoms with Gasteiger partial charge < -0.3 is 16.0 Å². The molecule has 0 radical (unpaired) electrons. The zero-order valence-corrected chi connectivity index (χ0v) is 19.5. The van der Waals surface area contributed by atoms with Gasteiger partial charge in [-0.3, -0.25) is 14.8 Å². The summed E-state index contributed by atoms with van der Waals surface area (Å²) in [4.78, 5) is 37.8. The van der Waals surface area contributed by atoms with E-state index in [1.807, 2.05) is 60.7 Å². The van der Waals surface area contributed by atoms with Gasteiger partial charge in [0.25, 0.3) is 5.91 Å². The van der Waals surface area contributed by atoms with Crippen LogP contribution in [0, 0.1) is 0 Å². The number of hydroxylamine groups is 1. The lowest BCUT2D eigenvalue weighted by Crippen LogP contribution is -2.49. The molecular formula is C26H24N4O4S. The molecule has 5 N–H and O–H groups in total. The second-order valence-electron chi connectivity index (χ2n) is 7.85. The zero-order valence-electron chi connectivity index (χ0n) is 18.7. The van der Waals surface area contributed by atoms with E-state index in [1.165, 1.54) is 11.3 Å². The number of hydrogen-bond acceptors (Lipinski definition) is 5. The number of carbonyl (C=O) groups excluding carboxylic acids is 3. The van der Waals surface area contributed by atoms with Gasteiger partial charge in [0.15, 0.2) is 0 Å². The largest absolute Gasteiger partial charge is 0.334 e. The number of fused-ring (bicyclic) bond motifs is 1. The lowest BCUT2D eigenvalue weighted by molar-refractivity contribution is -0.117. The van der Waals surface area contributed by atoms with E-state index >= 15 is 0 Å². The number of anilines is 1. The highest BCUT2D eigenvalue weighted by Gasteiger charge is 2.22. The molecule has 1 atom stereocenters. The quantitative estimate of drug-likeness (QED) is 0.190. The molecule has 1 heterocycles. The van der Waals surface area contributed by atoms with Crippen LogP contribution < -0.4 is 21.4 Å². The normalized spacial score (nSPS) is 11.5. The molecule has 9 heteroatoms. The maximum atomic E-state index is 13.2. The van der Waals surface area contributed by atoms with E-state index in [1.54, 1.807) is 29.7 Å². The Balaban J connectivity index is 1.47. The molecule has 0 bridgehead atoms. The highest BCUT2D eigenvalue weighted by atomic mass is 32.1. The Bertz CT molecular complexity index is 1330. The predicted octanol–water partition coefficient (Wildman–Crippen LogP) is 4.07. The van der Waals surface area contributed by atoms with Crippen molar-refractivity contribution < 1.29 is 19.6 Å². The van der Waals surface area contributed by atoms with Gasteiger partial charge in [0, 0.05) is 23.4 Å². The Morgan fingerprint density at radius 2 is 1.54 bits per heavy atom. The summed E-state index contributed by atoms with van der Waals surface area (Å²) in [6.07, 6.45) is 0.312. The van der Waals surface area contributed by atoms with Crippen LogP contribution in [-0.4, -0.2) is 29.1 Å². The predicted molar refractivity (Wildman–Crippen MR) is 135 cm³/mol. The Kier molecular flexibility index (Phi) is 7.71. The van der Waals surface area contributed by atoms with Crippen molar-refractivity contribution in [2.45, 2.75) is 19.0 Å². The molecule has 178 valence electrons. The van der Waals surface area contributed by atoms with Crippen LogP contribution in [-0.2, 0) is 17.8 Å². The van der Waals surface area contributed by atoms with Crippen LogP contribution in [0.25, 0.3) is 10.1 Å². The van der Waals surface area contributed by atoms with Gasteiger partial charge in [0.2, 0.25) is 5.91 Å². The molecule has 3 aromatic carbocycles. The number of nitrogens with one attached hydrogen (secondary N) is 4. The minimum atomic E-state index is -0.818. The van der Waals surface area contributed by atoms with Crippen LogP contribution in [0.4, 0.5) is 10.5 Å². The number of thiophene rings is 1. The third kappa shape index (κ3) is 6.44. The number of rotatable bonds is 8. The average Bonchev–Trinajstić information content (AvgIpc) is 3.31. The second-order valence-corrected chi connectivity index (χ2v) is 8.93. The van der Waals surface area contributed by atoms with Crippen LogP contribution in [0.5, 0.6) is 0 Å². The molecule has 8 nitrogen and oxygen atoms in total. The molecule has 0 fully saturated rings. The van der Waals surface area contributed by atoms with Crippen molar-refractivity contribution in [3.63, 3.8) is 0 Å². The molecule has 0 aliphatic rings. The molecule has 0 saturated heterocycles. The summed E-state index contributed by atoms with van der Waals surface area (Å²) in [7, 11) is 0. The number of benzene rings is 3. The molecule has 0 unspecified atom stereocenters. The van der Waals surface area contributed by atoms with E-state index in [0.717, 1.165) is 21.2 Å². The fourth-order valence-electron chi connectivity index (χ4n) is 3.56. The third-order valence-electron chi connectivity index (χ3n) is 5.31. The highest BCUT2D eigenvalue weighted by Crippen LogP contribution is 2.28. The van der Waals surface area contributed by atoms with Crippen LogP contribution in [0.1, 0.15) is 20.8 Å². The van der Waals surface area contributed by atoms with E-state index in [-0.39, 0.29) is 5.91 Å². The van der Waals surface area contributed by atoms with Crippen LogP contribution >= 0.6 is 11.3 Å². The van der Waals surface area contributed by atoms with E-state index in [4.69, 9.17) is 5.21 Å². The molecule has 4 rings (SSSR count). The summed E-state index contributed by atoms with van der Waals surface area (Å²) in [6, 6.07) is 24.6. The minimum absolute atomic E-state index is 0.312. The Labute approximate surface area is 205 Å². The first-order chi connectivity index (χ1) is 17.0. The van der Waals surface area contributed by atoms with Crippen molar-refractivity contribution in [3.8, 4) is 0 Å². The van der Waals surface area contributed by atoms with Gasteiger partial charge in [-0.2, -0.15) is 0 Å². The molecule has 1 aromatic heterocycles. The topological polar surface area (TPSA) is 120 Å². The van der Waals surface area contributed by atoms with E-state index in [9.17, 15) is 14.4 Å². The Morgan fingerprint density at radius 1 is 0.857 bits per heavy atom. The fourth-order valence-corrected chi connectivity index (χ4v) is 4.50. The van der Waals surface area contributed by atoms with Crippen molar-refractivity contribution in [1.82, 2.24) is 16.1 Å². The van der Waals surface area contributed by atoms with E-state index < -0.39 is 18.0 Å². The minimum Gasteiger partial charge on any atom is -0.334 e. The molecule has 4 aromatic rings. The Hall–Kier alpha value is -4.21. The van der Waals surface area contributed by atoms with Crippen molar-refractivity contribution in [3.05, 3.63) is 101 Å². The standard InChI is InChI=1S/C26H24N4O4S/c31-24(28-20-11-12-22-19(14-20)15-23(35-22)25(32)30-34)21(13-17-7-3-1-4-8-17)29-26(33)27-16-18-9-5-2-6-10-18/h1-12,14-15,21,34H,13,16H2,(H,28,31)(H,30,32)(H2,27,29,33)/t21-/m0/s1. The van der Waals surface area contributed by atoms with Gasteiger partial charge in [-0.1, -0.05) is 60.7 Å². The average molecular weight is 489 g/mol. The molecule has 4 amide bonds. The van der Waals surface area contributed by atoms with Crippen molar-refractivity contribution in [1.29, 1.82) is 0 Å². The lowest BCUT2D eigenvalue weighted by Gasteiger charge is -2.19. The highest BCUT2D eigenvalue weighted by molar-refractivity contribution is 7.20. The summed E-state index contributed by atoms with van der Waals surface area (Å²) >= 11 is 1.23. The summed E-state index contributed by atoms with van der Waals surface area (Å²) in [5.41, 5.74) is 4.01. The molecule has 0 saturated carbocycles. The van der Waals surface area contributed by atoms with Crippen molar-refractivity contribution in [2.24, 2.45) is 0 Å².